The summed E-state index contributed by atoms with van der Waals surface area (Å²) in [5.41, 5.74) is 8.25. The van der Waals surface area contributed by atoms with Crippen LogP contribution in [0, 0.1) is 29.1 Å². The van der Waals surface area contributed by atoms with Gasteiger partial charge in [0.05, 0.1) is 23.0 Å². The largest absolute Gasteiger partial charge is 0.397 e. The summed E-state index contributed by atoms with van der Waals surface area (Å²) in [5.74, 6) is 2.70. The van der Waals surface area contributed by atoms with E-state index in [0.29, 0.717) is 5.56 Å². The molecule has 18 heavy (non-hydrogen) atoms. The van der Waals surface area contributed by atoms with Gasteiger partial charge in [-0.1, -0.05) is 6.42 Å². The molecule has 3 N–H and O–H groups in total. The maximum Gasteiger partial charge on any atom is 0.0992 e. The SMILES string of the molecule is N#Cc1ccc(N)c(NCC2CC3CCC2C3)c1. The van der Waals surface area contributed by atoms with Gasteiger partial charge in [0.25, 0.3) is 0 Å². The van der Waals surface area contributed by atoms with E-state index in [9.17, 15) is 0 Å². The number of nitrogen functional groups attached to an aromatic ring is 1. The molecule has 2 aliphatic rings. The van der Waals surface area contributed by atoms with Gasteiger partial charge in [0.1, 0.15) is 0 Å². The molecule has 2 bridgehead atoms. The monoisotopic (exact) mass is 241 g/mol. The van der Waals surface area contributed by atoms with Crippen LogP contribution < -0.4 is 11.1 Å². The highest BCUT2D eigenvalue weighted by atomic mass is 14.9. The van der Waals surface area contributed by atoms with E-state index in [1.54, 1.807) is 6.07 Å². The summed E-state index contributed by atoms with van der Waals surface area (Å²) in [6, 6.07) is 7.57. The Balaban J connectivity index is 1.65. The number of hydrogen-bond donors (Lipinski definition) is 2. The molecule has 2 fully saturated rings. The minimum atomic E-state index is 0.666. The average molecular weight is 241 g/mol. The molecule has 0 amide bonds. The Kier molecular flexibility index (Phi) is 2.87. The third-order valence-corrected chi connectivity index (χ3v) is 4.62. The van der Waals surface area contributed by atoms with Crippen LogP contribution in [0.4, 0.5) is 11.4 Å². The van der Waals surface area contributed by atoms with Crippen molar-refractivity contribution in [1.29, 1.82) is 5.26 Å². The standard InChI is InChI=1S/C15H19N3/c16-8-11-2-4-14(17)15(7-11)18-9-13-6-10-1-3-12(13)5-10/h2,4,7,10,12-13,18H,1,3,5-6,9,17H2. The lowest BCUT2D eigenvalue weighted by atomic mass is 9.89. The number of benzene rings is 1. The number of fused-ring (bicyclic) bond motifs is 2. The van der Waals surface area contributed by atoms with Gasteiger partial charge in [-0.05, 0) is 55.2 Å². The van der Waals surface area contributed by atoms with Crippen LogP contribution in [0.25, 0.3) is 0 Å². The highest BCUT2D eigenvalue weighted by Crippen LogP contribution is 2.48. The zero-order valence-electron chi connectivity index (χ0n) is 10.5. The van der Waals surface area contributed by atoms with Gasteiger partial charge in [0, 0.05) is 6.54 Å². The average Bonchev–Trinajstić information content (AvgIpc) is 3.00. The van der Waals surface area contributed by atoms with Crippen LogP contribution in [-0.2, 0) is 0 Å². The topological polar surface area (TPSA) is 61.8 Å². The van der Waals surface area contributed by atoms with Crippen molar-refractivity contribution in [3.05, 3.63) is 23.8 Å². The first-order valence-corrected chi connectivity index (χ1v) is 6.79. The van der Waals surface area contributed by atoms with Crippen molar-refractivity contribution >= 4 is 11.4 Å². The molecule has 2 aliphatic carbocycles. The molecule has 0 radical (unpaired) electrons. The van der Waals surface area contributed by atoms with E-state index in [-0.39, 0.29) is 0 Å². The third-order valence-electron chi connectivity index (χ3n) is 4.62. The smallest absolute Gasteiger partial charge is 0.0992 e. The van der Waals surface area contributed by atoms with Crippen molar-refractivity contribution in [3.8, 4) is 6.07 Å². The number of nitrogens with two attached hydrogens (primary N) is 1. The Labute approximate surface area is 108 Å². The van der Waals surface area contributed by atoms with Crippen LogP contribution in [0.15, 0.2) is 18.2 Å². The van der Waals surface area contributed by atoms with Crippen molar-refractivity contribution in [2.45, 2.75) is 25.7 Å². The van der Waals surface area contributed by atoms with Gasteiger partial charge >= 0.3 is 0 Å². The Morgan fingerprint density at radius 3 is 2.89 bits per heavy atom. The fraction of sp³-hybridized carbons (Fsp3) is 0.533. The fourth-order valence-corrected chi connectivity index (χ4v) is 3.65. The van der Waals surface area contributed by atoms with Crippen LogP contribution in [0.1, 0.15) is 31.2 Å². The van der Waals surface area contributed by atoms with E-state index in [1.165, 1.54) is 25.7 Å². The highest BCUT2D eigenvalue weighted by Gasteiger charge is 2.39. The number of nitriles is 1. The second kappa shape index (κ2) is 4.53. The van der Waals surface area contributed by atoms with Crippen molar-refractivity contribution < 1.29 is 0 Å². The van der Waals surface area contributed by atoms with Crippen LogP contribution in [-0.4, -0.2) is 6.54 Å². The van der Waals surface area contributed by atoms with Crippen molar-refractivity contribution in [1.82, 2.24) is 0 Å². The van der Waals surface area contributed by atoms with Crippen LogP contribution >= 0.6 is 0 Å². The van der Waals surface area contributed by atoms with Gasteiger partial charge in [-0.3, -0.25) is 0 Å². The molecular formula is C15H19N3. The van der Waals surface area contributed by atoms with Gasteiger partial charge in [0.15, 0.2) is 0 Å². The maximum absolute atomic E-state index is 8.90. The summed E-state index contributed by atoms with van der Waals surface area (Å²) in [4.78, 5) is 0. The Hall–Kier alpha value is -1.69. The number of nitrogens with one attached hydrogen (secondary N) is 1. The van der Waals surface area contributed by atoms with Crippen molar-refractivity contribution in [2.24, 2.45) is 17.8 Å². The molecule has 0 aromatic heterocycles. The molecule has 1 aromatic carbocycles. The van der Waals surface area contributed by atoms with E-state index in [4.69, 9.17) is 11.0 Å². The van der Waals surface area contributed by atoms with Crippen molar-refractivity contribution in [3.63, 3.8) is 0 Å². The Bertz CT molecular complexity index is 489. The van der Waals surface area contributed by atoms with Gasteiger partial charge in [-0.15, -0.1) is 0 Å². The molecule has 1 aromatic rings. The summed E-state index contributed by atoms with van der Waals surface area (Å²) in [6.07, 6.45) is 5.65. The van der Waals surface area contributed by atoms with Gasteiger partial charge in [-0.25, -0.2) is 0 Å². The summed E-state index contributed by atoms with van der Waals surface area (Å²) in [6.45, 7) is 1.00. The Morgan fingerprint density at radius 2 is 2.22 bits per heavy atom. The van der Waals surface area contributed by atoms with Crippen LogP contribution in [0.3, 0.4) is 0 Å². The summed E-state index contributed by atoms with van der Waals surface area (Å²) in [7, 11) is 0. The molecule has 2 saturated carbocycles. The summed E-state index contributed by atoms with van der Waals surface area (Å²) < 4.78 is 0. The zero-order chi connectivity index (χ0) is 12.5. The van der Waals surface area contributed by atoms with E-state index in [2.05, 4.69) is 11.4 Å². The van der Waals surface area contributed by atoms with Crippen LogP contribution in [0.2, 0.25) is 0 Å². The molecule has 0 aliphatic heterocycles. The molecule has 0 heterocycles. The van der Waals surface area contributed by atoms with Gasteiger partial charge < -0.3 is 11.1 Å². The number of hydrogen-bond acceptors (Lipinski definition) is 3. The van der Waals surface area contributed by atoms with E-state index >= 15 is 0 Å². The fourth-order valence-electron chi connectivity index (χ4n) is 3.65. The lowest BCUT2D eigenvalue weighted by Gasteiger charge is -2.22. The highest BCUT2D eigenvalue weighted by molar-refractivity contribution is 5.68. The molecular weight excluding hydrogens is 222 g/mol. The lowest BCUT2D eigenvalue weighted by Crippen LogP contribution is -2.20. The number of nitrogens with zero attached hydrogens (tertiary/aromatic N) is 1. The first-order chi connectivity index (χ1) is 8.76. The molecule has 3 atom stereocenters. The van der Waals surface area contributed by atoms with E-state index in [0.717, 1.165) is 35.7 Å². The molecule has 0 saturated heterocycles. The van der Waals surface area contributed by atoms with E-state index in [1.807, 2.05) is 12.1 Å². The predicted molar refractivity (Wildman–Crippen MR) is 73.0 cm³/mol. The first-order valence-electron chi connectivity index (χ1n) is 6.79. The molecule has 94 valence electrons. The molecule has 3 heteroatoms. The number of anilines is 2. The van der Waals surface area contributed by atoms with E-state index < -0.39 is 0 Å². The number of rotatable bonds is 3. The van der Waals surface area contributed by atoms with Gasteiger partial charge in [0.2, 0.25) is 0 Å². The second-order valence-corrected chi connectivity index (χ2v) is 5.73. The summed E-state index contributed by atoms with van der Waals surface area (Å²) in [5, 5.41) is 12.3. The van der Waals surface area contributed by atoms with Gasteiger partial charge in [-0.2, -0.15) is 5.26 Å². The molecule has 3 rings (SSSR count). The molecule has 3 nitrogen and oxygen atoms in total. The lowest BCUT2D eigenvalue weighted by molar-refractivity contribution is 0.348. The second-order valence-electron chi connectivity index (χ2n) is 5.73. The summed E-state index contributed by atoms with van der Waals surface area (Å²) >= 11 is 0. The van der Waals surface area contributed by atoms with Crippen molar-refractivity contribution in [2.75, 3.05) is 17.6 Å². The minimum Gasteiger partial charge on any atom is -0.397 e. The first kappa shape index (κ1) is 11.4. The zero-order valence-corrected chi connectivity index (χ0v) is 10.5. The Morgan fingerprint density at radius 1 is 1.33 bits per heavy atom. The quantitative estimate of drug-likeness (QED) is 0.800. The predicted octanol–water partition coefficient (Wildman–Crippen LogP) is 2.99. The minimum absolute atomic E-state index is 0.666. The maximum atomic E-state index is 8.90. The molecule has 3 unspecified atom stereocenters. The third kappa shape index (κ3) is 2.03. The molecule has 0 spiro atoms. The van der Waals surface area contributed by atoms with Crippen LogP contribution in [0.5, 0.6) is 0 Å². The normalized spacial score (nSPS) is 29.2.